The smallest absolute Gasteiger partial charge is 0.283 e. The van der Waals surface area contributed by atoms with E-state index in [1.165, 1.54) is 11.3 Å². The second-order valence-electron chi connectivity index (χ2n) is 6.96. The molecule has 138 valence electrons. The van der Waals surface area contributed by atoms with Crippen molar-refractivity contribution in [3.8, 4) is 0 Å². The van der Waals surface area contributed by atoms with Crippen LogP contribution in [0.4, 0.5) is 0 Å². The average Bonchev–Trinajstić information content (AvgIpc) is 3.34. The predicted molar refractivity (Wildman–Crippen MR) is 99.2 cm³/mol. The maximum absolute atomic E-state index is 12.6. The van der Waals surface area contributed by atoms with Gasteiger partial charge in [0.05, 0.1) is 29.0 Å². The zero-order chi connectivity index (χ0) is 18.4. The second kappa shape index (κ2) is 6.41. The Kier molecular flexibility index (Phi) is 3.89. The molecule has 0 spiro atoms. The Bertz CT molecular complexity index is 989. The SMILES string of the molecule is O=C1CCCN1Cc1cn(C2CN(C(=O)c3nc4ccccc4s3)C2)nn1. The van der Waals surface area contributed by atoms with E-state index in [0.717, 1.165) is 28.9 Å². The highest BCUT2D eigenvalue weighted by molar-refractivity contribution is 7.20. The summed E-state index contributed by atoms with van der Waals surface area (Å²) in [6.45, 7) is 2.50. The fourth-order valence-electron chi connectivity index (χ4n) is 3.52. The number of para-hydroxylation sites is 1. The van der Waals surface area contributed by atoms with Crippen molar-refractivity contribution in [2.45, 2.75) is 25.4 Å². The Morgan fingerprint density at radius 3 is 2.89 bits per heavy atom. The van der Waals surface area contributed by atoms with Gasteiger partial charge in [0, 0.05) is 26.1 Å². The summed E-state index contributed by atoms with van der Waals surface area (Å²) in [5, 5.41) is 8.89. The molecule has 0 radical (unpaired) electrons. The Hall–Kier alpha value is -2.81. The third-order valence-corrected chi connectivity index (χ3v) is 6.11. The molecule has 5 rings (SSSR count). The second-order valence-corrected chi connectivity index (χ2v) is 7.99. The van der Waals surface area contributed by atoms with Crippen molar-refractivity contribution in [3.05, 3.63) is 41.2 Å². The van der Waals surface area contributed by atoms with Crippen molar-refractivity contribution in [1.29, 1.82) is 0 Å². The van der Waals surface area contributed by atoms with Crippen LogP contribution in [-0.2, 0) is 11.3 Å². The molecule has 2 aliphatic rings. The number of likely N-dealkylation sites (tertiary alicyclic amines) is 2. The molecule has 3 aromatic rings. The van der Waals surface area contributed by atoms with Crippen LogP contribution in [0.1, 0.15) is 34.4 Å². The number of amides is 2. The van der Waals surface area contributed by atoms with Crippen LogP contribution in [0.5, 0.6) is 0 Å². The number of carbonyl (C=O) groups is 2. The first-order valence-corrected chi connectivity index (χ1v) is 9.82. The number of hydrogen-bond acceptors (Lipinski definition) is 6. The van der Waals surface area contributed by atoms with Crippen LogP contribution < -0.4 is 0 Å². The zero-order valence-corrected chi connectivity index (χ0v) is 15.4. The van der Waals surface area contributed by atoms with E-state index in [1.807, 2.05) is 35.4 Å². The first kappa shape index (κ1) is 16.4. The molecule has 27 heavy (non-hydrogen) atoms. The minimum atomic E-state index is -0.0320. The number of thiazole rings is 1. The number of benzene rings is 1. The molecule has 9 heteroatoms. The minimum absolute atomic E-state index is 0.0320. The van der Waals surface area contributed by atoms with Crippen LogP contribution in [0.15, 0.2) is 30.5 Å². The first-order valence-electron chi connectivity index (χ1n) is 9.01. The van der Waals surface area contributed by atoms with Crippen molar-refractivity contribution in [2.75, 3.05) is 19.6 Å². The van der Waals surface area contributed by atoms with Gasteiger partial charge in [0.2, 0.25) is 5.91 Å². The van der Waals surface area contributed by atoms with Gasteiger partial charge in [-0.1, -0.05) is 17.3 Å². The Labute approximate surface area is 159 Å². The quantitative estimate of drug-likeness (QED) is 0.686. The number of carbonyl (C=O) groups excluding carboxylic acids is 2. The molecule has 0 bridgehead atoms. The van der Waals surface area contributed by atoms with Crippen LogP contribution in [0.2, 0.25) is 0 Å². The fraction of sp³-hybridized carbons (Fsp3) is 0.389. The summed E-state index contributed by atoms with van der Waals surface area (Å²) in [6.07, 6.45) is 3.42. The number of aromatic nitrogens is 4. The third kappa shape index (κ3) is 2.97. The third-order valence-electron chi connectivity index (χ3n) is 5.08. The van der Waals surface area contributed by atoms with Crippen LogP contribution in [0.25, 0.3) is 10.2 Å². The molecule has 0 N–H and O–H groups in total. The molecule has 2 saturated heterocycles. The van der Waals surface area contributed by atoms with Crippen molar-refractivity contribution < 1.29 is 9.59 Å². The lowest BCUT2D eigenvalue weighted by molar-refractivity contribution is -0.128. The van der Waals surface area contributed by atoms with Crippen molar-refractivity contribution in [3.63, 3.8) is 0 Å². The monoisotopic (exact) mass is 382 g/mol. The van der Waals surface area contributed by atoms with E-state index in [0.29, 0.717) is 31.1 Å². The maximum Gasteiger partial charge on any atom is 0.283 e. The number of hydrogen-bond donors (Lipinski definition) is 0. The van der Waals surface area contributed by atoms with Crippen LogP contribution in [0, 0.1) is 0 Å². The summed E-state index contributed by atoms with van der Waals surface area (Å²) in [5.74, 6) is 0.149. The zero-order valence-electron chi connectivity index (χ0n) is 14.6. The summed E-state index contributed by atoms with van der Waals surface area (Å²) < 4.78 is 2.83. The lowest BCUT2D eigenvalue weighted by Crippen LogP contribution is -2.50. The van der Waals surface area contributed by atoms with E-state index in [4.69, 9.17) is 0 Å². The molecule has 1 aromatic carbocycles. The van der Waals surface area contributed by atoms with Gasteiger partial charge in [-0.15, -0.1) is 16.4 Å². The summed E-state index contributed by atoms with van der Waals surface area (Å²) in [5.41, 5.74) is 1.65. The van der Waals surface area contributed by atoms with Crippen LogP contribution in [0.3, 0.4) is 0 Å². The van der Waals surface area contributed by atoms with E-state index in [-0.39, 0.29) is 17.9 Å². The van der Waals surface area contributed by atoms with Gasteiger partial charge in [0.1, 0.15) is 5.69 Å². The van der Waals surface area contributed by atoms with Crippen molar-refractivity contribution in [2.24, 2.45) is 0 Å². The minimum Gasteiger partial charge on any atom is -0.337 e. The lowest BCUT2D eigenvalue weighted by atomic mass is 10.1. The predicted octanol–water partition coefficient (Wildman–Crippen LogP) is 1.71. The van der Waals surface area contributed by atoms with Crippen molar-refractivity contribution >= 4 is 33.4 Å². The lowest BCUT2D eigenvalue weighted by Gasteiger charge is -2.38. The normalized spacial score (nSPS) is 17.7. The Balaban J connectivity index is 1.21. The van der Waals surface area contributed by atoms with E-state index in [1.54, 1.807) is 9.58 Å². The summed E-state index contributed by atoms with van der Waals surface area (Å²) in [7, 11) is 0. The summed E-state index contributed by atoms with van der Waals surface area (Å²) in [4.78, 5) is 32.4. The summed E-state index contributed by atoms with van der Waals surface area (Å²) >= 11 is 1.43. The largest absolute Gasteiger partial charge is 0.337 e. The topological polar surface area (TPSA) is 84.2 Å². The van der Waals surface area contributed by atoms with Gasteiger partial charge in [-0.05, 0) is 18.6 Å². The highest BCUT2D eigenvalue weighted by atomic mass is 32.1. The van der Waals surface area contributed by atoms with Gasteiger partial charge < -0.3 is 9.80 Å². The molecule has 0 aliphatic carbocycles. The van der Waals surface area contributed by atoms with E-state index in [9.17, 15) is 9.59 Å². The molecule has 0 unspecified atom stereocenters. The molecular formula is C18H18N6O2S. The molecular weight excluding hydrogens is 364 g/mol. The van der Waals surface area contributed by atoms with E-state index >= 15 is 0 Å². The van der Waals surface area contributed by atoms with Gasteiger partial charge in [0.25, 0.3) is 5.91 Å². The van der Waals surface area contributed by atoms with E-state index in [2.05, 4.69) is 15.3 Å². The van der Waals surface area contributed by atoms with E-state index < -0.39 is 0 Å². The molecule has 4 heterocycles. The van der Waals surface area contributed by atoms with Crippen LogP contribution in [-0.4, -0.2) is 61.2 Å². The molecule has 0 saturated carbocycles. The van der Waals surface area contributed by atoms with Gasteiger partial charge in [-0.3, -0.25) is 9.59 Å². The molecule has 0 atom stereocenters. The molecule has 2 amide bonds. The van der Waals surface area contributed by atoms with Crippen LogP contribution >= 0.6 is 11.3 Å². The first-order chi connectivity index (χ1) is 13.2. The highest BCUT2D eigenvalue weighted by Gasteiger charge is 2.34. The van der Waals surface area contributed by atoms with Gasteiger partial charge in [0.15, 0.2) is 5.01 Å². The highest BCUT2D eigenvalue weighted by Crippen LogP contribution is 2.27. The van der Waals surface area contributed by atoms with Gasteiger partial charge in [-0.25, -0.2) is 9.67 Å². The van der Waals surface area contributed by atoms with Crippen molar-refractivity contribution in [1.82, 2.24) is 29.8 Å². The van der Waals surface area contributed by atoms with Gasteiger partial charge >= 0.3 is 0 Å². The molecule has 2 aliphatic heterocycles. The maximum atomic E-state index is 12.6. The Morgan fingerprint density at radius 2 is 2.11 bits per heavy atom. The number of fused-ring (bicyclic) bond motifs is 1. The molecule has 2 fully saturated rings. The van der Waals surface area contributed by atoms with Gasteiger partial charge in [-0.2, -0.15) is 0 Å². The standard InChI is InChI=1S/C18H18N6O2S/c25-16-6-3-7-22(16)8-12-9-24(21-20-12)13-10-23(11-13)18(26)17-19-14-4-1-2-5-15(14)27-17/h1-2,4-5,9,13H,3,6-8,10-11H2. The fourth-order valence-corrected chi connectivity index (χ4v) is 4.45. The number of nitrogens with zero attached hydrogens (tertiary/aromatic N) is 6. The molecule has 8 nitrogen and oxygen atoms in total. The Morgan fingerprint density at radius 1 is 1.26 bits per heavy atom. The average molecular weight is 382 g/mol. The number of rotatable bonds is 4. The molecule has 2 aromatic heterocycles. The summed E-state index contributed by atoms with van der Waals surface area (Å²) in [6, 6.07) is 7.90.